The van der Waals surface area contributed by atoms with Crippen LogP contribution in [0, 0.1) is 0 Å². The van der Waals surface area contributed by atoms with Crippen molar-refractivity contribution in [2.24, 2.45) is 0 Å². The molecule has 3 nitrogen and oxygen atoms in total. The highest BCUT2D eigenvalue weighted by atomic mass is 19.4. The van der Waals surface area contributed by atoms with Gasteiger partial charge in [-0.25, -0.2) is 4.98 Å². The molecule has 0 spiro atoms. The van der Waals surface area contributed by atoms with Crippen LogP contribution in [0.25, 0.3) is 0 Å². The van der Waals surface area contributed by atoms with E-state index < -0.39 is 11.7 Å². The summed E-state index contributed by atoms with van der Waals surface area (Å²) < 4.78 is 37.5. The van der Waals surface area contributed by atoms with Gasteiger partial charge in [0, 0.05) is 32.4 Å². The lowest BCUT2D eigenvalue weighted by Gasteiger charge is -2.35. The number of pyridine rings is 1. The van der Waals surface area contributed by atoms with Gasteiger partial charge >= 0.3 is 6.18 Å². The van der Waals surface area contributed by atoms with Crippen molar-refractivity contribution in [2.75, 3.05) is 37.6 Å². The van der Waals surface area contributed by atoms with Gasteiger partial charge in [-0.05, 0) is 31.5 Å². The Kier molecular flexibility index (Phi) is 5.22. The molecule has 1 fully saturated rings. The Bertz CT molecular complexity index is 448. The molecule has 6 heteroatoms. The number of alkyl halides is 3. The van der Waals surface area contributed by atoms with E-state index in [2.05, 4.69) is 16.5 Å². The van der Waals surface area contributed by atoms with Crippen LogP contribution < -0.4 is 4.90 Å². The third-order valence-corrected chi connectivity index (χ3v) is 3.65. The van der Waals surface area contributed by atoms with Crippen molar-refractivity contribution in [1.82, 2.24) is 9.88 Å². The molecule has 116 valence electrons. The molecule has 0 bridgehead atoms. The van der Waals surface area contributed by atoms with Crippen molar-refractivity contribution >= 4 is 5.82 Å². The fourth-order valence-corrected chi connectivity index (χ4v) is 2.40. The molecular formula is C15H20F3N3. The number of nitrogens with zero attached hydrogens (tertiary/aromatic N) is 3. The Morgan fingerprint density at radius 3 is 2.43 bits per heavy atom. The number of hydrogen-bond acceptors (Lipinski definition) is 3. The highest BCUT2D eigenvalue weighted by Crippen LogP contribution is 2.29. The predicted octanol–water partition coefficient (Wildman–Crippen LogP) is 3.19. The number of aromatic nitrogens is 1. The van der Waals surface area contributed by atoms with E-state index in [0.717, 1.165) is 57.8 Å². The van der Waals surface area contributed by atoms with E-state index in [-0.39, 0.29) is 0 Å². The molecule has 0 aromatic carbocycles. The third-order valence-electron chi connectivity index (χ3n) is 3.65. The van der Waals surface area contributed by atoms with E-state index in [1.54, 1.807) is 0 Å². The van der Waals surface area contributed by atoms with Gasteiger partial charge < -0.3 is 4.90 Å². The van der Waals surface area contributed by atoms with Crippen molar-refractivity contribution in [3.8, 4) is 0 Å². The first-order valence-electron chi connectivity index (χ1n) is 7.12. The highest BCUT2D eigenvalue weighted by Gasteiger charge is 2.31. The van der Waals surface area contributed by atoms with Crippen LogP contribution >= 0.6 is 0 Å². The van der Waals surface area contributed by atoms with Gasteiger partial charge in [0.25, 0.3) is 0 Å². The Labute approximate surface area is 123 Å². The van der Waals surface area contributed by atoms with Gasteiger partial charge in [-0.1, -0.05) is 6.08 Å². The first kappa shape index (κ1) is 15.8. The van der Waals surface area contributed by atoms with Gasteiger partial charge in [0.1, 0.15) is 5.82 Å². The summed E-state index contributed by atoms with van der Waals surface area (Å²) in [5.41, 5.74) is -0.700. The first-order chi connectivity index (χ1) is 10.0. The Morgan fingerprint density at radius 1 is 1.19 bits per heavy atom. The zero-order valence-electron chi connectivity index (χ0n) is 11.9. The number of piperazine rings is 1. The number of allylic oxidation sites excluding steroid dienone is 1. The van der Waals surface area contributed by atoms with E-state index in [9.17, 15) is 13.2 Å². The molecule has 0 N–H and O–H groups in total. The minimum atomic E-state index is -4.32. The minimum absolute atomic E-state index is 0.619. The third kappa shape index (κ3) is 4.46. The van der Waals surface area contributed by atoms with Crippen molar-refractivity contribution in [1.29, 1.82) is 0 Å². The SMILES string of the molecule is C=CCCCN1CCN(c2ccc(C(F)(F)F)cn2)CC1. The van der Waals surface area contributed by atoms with Crippen LogP contribution in [0.1, 0.15) is 18.4 Å². The Balaban J connectivity index is 1.86. The summed E-state index contributed by atoms with van der Waals surface area (Å²) >= 11 is 0. The monoisotopic (exact) mass is 299 g/mol. The van der Waals surface area contributed by atoms with Crippen LogP contribution in [0.5, 0.6) is 0 Å². The van der Waals surface area contributed by atoms with Gasteiger partial charge in [-0.15, -0.1) is 6.58 Å². The summed E-state index contributed by atoms with van der Waals surface area (Å²) in [6.07, 6.45) is 0.617. The molecule has 0 radical (unpaired) electrons. The Hall–Kier alpha value is -1.56. The van der Waals surface area contributed by atoms with Gasteiger partial charge in [0.2, 0.25) is 0 Å². The molecule has 21 heavy (non-hydrogen) atoms. The lowest BCUT2D eigenvalue weighted by Crippen LogP contribution is -2.46. The molecule has 0 unspecified atom stereocenters. The highest BCUT2D eigenvalue weighted by molar-refractivity contribution is 5.40. The average molecular weight is 299 g/mol. The van der Waals surface area contributed by atoms with E-state index in [1.807, 2.05) is 11.0 Å². The quantitative estimate of drug-likeness (QED) is 0.615. The fourth-order valence-electron chi connectivity index (χ4n) is 2.40. The predicted molar refractivity (Wildman–Crippen MR) is 77.3 cm³/mol. The zero-order chi connectivity index (χ0) is 15.3. The fraction of sp³-hybridized carbons (Fsp3) is 0.533. The van der Waals surface area contributed by atoms with Crippen LogP contribution in [0.3, 0.4) is 0 Å². The summed E-state index contributed by atoms with van der Waals surface area (Å²) in [6.45, 7) is 8.18. The molecule has 1 aromatic heterocycles. The number of rotatable bonds is 5. The second kappa shape index (κ2) is 6.93. The molecule has 0 aliphatic carbocycles. The van der Waals surface area contributed by atoms with Gasteiger partial charge in [-0.3, -0.25) is 4.90 Å². The normalized spacial score (nSPS) is 17.0. The van der Waals surface area contributed by atoms with Gasteiger partial charge in [-0.2, -0.15) is 13.2 Å². The number of anilines is 1. The van der Waals surface area contributed by atoms with Crippen LogP contribution in [0.15, 0.2) is 31.0 Å². The smallest absolute Gasteiger partial charge is 0.354 e. The number of unbranched alkanes of at least 4 members (excludes halogenated alkanes) is 1. The molecule has 1 aliphatic rings. The second-order valence-corrected chi connectivity index (χ2v) is 5.16. The van der Waals surface area contributed by atoms with Crippen molar-refractivity contribution < 1.29 is 13.2 Å². The maximum atomic E-state index is 12.5. The standard InChI is InChI=1S/C15H20F3N3/c1-2-3-4-7-20-8-10-21(11-9-20)14-6-5-13(12-19-14)15(16,17)18/h2,5-6,12H,1,3-4,7-11H2. The minimum Gasteiger partial charge on any atom is -0.354 e. The molecule has 1 aromatic rings. The van der Waals surface area contributed by atoms with E-state index in [0.29, 0.717) is 5.82 Å². The summed E-state index contributed by atoms with van der Waals surface area (Å²) in [4.78, 5) is 8.34. The van der Waals surface area contributed by atoms with E-state index in [4.69, 9.17) is 0 Å². The largest absolute Gasteiger partial charge is 0.417 e. The van der Waals surface area contributed by atoms with Gasteiger partial charge in [0.05, 0.1) is 5.56 Å². The summed E-state index contributed by atoms with van der Waals surface area (Å²) in [7, 11) is 0. The topological polar surface area (TPSA) is 19.4 Å². The van der Waals surface area contributed by atoms with E-state index >= 15 is 0 Å². The molecule has 1 saturated heterocycles. The maximum Gasteiger partial charge on any atom is 0.417 e. The summed E-state index contributed by atoms with van der Waals surface area (Å²) in [5.74, 6) is 0.619. The van der Waals surface area contributed by atoms with Crippen LogP contribution in [-0.4, -0.2) is 42.6 Å². The van der Waals surface area contributed by atoms with Crippen LogP contribution in [0.4, 0.5) is 19.0 Å². The molecule has 0 saturated carbocycles. The van der Waals surface area contributed by atoms with Gasteiger partial charge in [0.15, 0.2) is 0 Å². The van der Waals surface area contributed by atoms with Crippen molar-refractivity contribution in [2.45, 2.75) is 19.0 Å². The average Bonchev–Trinajstić information content (AvgIpc) is 2.48. The lowest BCUT2D eigenvalue weighted by atomic mass is 10.2. The summed E-state index contributed by atoms with van der Waals surface area (Å²) in [6, 6.07) is 2.55. The van der Waals surface area contributed by atoms with Crippen molar-refractivity contribution in [3.05, 3.63) is 36.5 Å². The molecule has 0 amide bonds. The maximum absolute atomic E-state index is 12.5. The molecule has 0 atom stereocenters. The molecule has 2 rings (SSSR count). The molecular weight excluding hydrogens is 279 g/mol. The van der Waals surface area contributed by atoms with Crippen LogP contribution in [0.2, 0.25) is 0 Å². The Morgan fingerprint density at radius 2 is 1.90 bits per heavy atom. The molecule has 2 heterocycles. The number of hydrogen-bond donors (Lipinski definition) is 0. The van der Waals surface area contributed by atoms with E-state index in [1.165, 1.54) is 6.07 Å². The number of halogens is 3. The zero-order valence-corrected chi connectivity index (χ0v) is 11.9. The molecule has 1 aliphatic heterocycles. The lowest BCUT2D eigenvalue weighted by molar-refractivity contribution is -0.137. The first-order valence-corrected chi connectivity index (χ1v) is 7.12. The van der Waals surface area contributed by atoms with Crippen LogP contribution in [-0.2, 0) is 6.18 Å². The van der Waals surface area contributed by atoms with Crippen molar-refractivity contribution in [3.63, 3.8) is 0 Å². The summed E-state index contributed by atoms with van der Waals surface area (Å²) in [5, 5.41) is 0. The second-order valence-electron chi connectivity index (χ2n) is 5.16.